The number of benzene rings is 1. The van der Waals surface area contributed by atoms with Crippen LogP contribution in [0.4, 0.5) is 11.4 Å². The van der Waals surface area contributed by atoms with Gasteiger partial charge in [-0.05, 0) is 44.0 Å². The maximum Gasteiger partial charge on any atom is 0.261 e. The number of nitrogens with zero attached hydrogens (tertiary/aromatic N) is 2. The Balaban J connectivity index is 1.77. The Morgan fingerprint density at radius 1 is 1.33 bits per heavy atom. The molecule has 1 aromatic carbocycles. The summed E-state index contributed by atoms with van der Waals surface area (Å²) in [5.41, 5.74) is 2.26. The highest BCUT2D eigenvalue weighted by Gasteiger charge is 2.28. The van der Waals surface area contributed by atoms with Crippen LogP contribution in [0.3, 0.4) is 0 Å². The summed E-state index contributed by atoms with van der Waals surface area (Å²) in [7, 11) is -3.20. The predicted octanol–water partition coefficient (Wildman–Crippen LogP) is 2.34. The highest BCUT2D eigenvalue weighted by molar-refractivity contribution is 7.93. The number of sulfonamides is 1. The number of hydrogen-bond donors (Lipinski definition) is 1. The van der Waals surface area contributed by atoms with Crippen LogP contribution in [0.15, 0.2) is 28.8 Å². The molecule has 128 valence electrons. The second-order valence-electron chi connectivity index (χ2n) is 5.66. The zero-order valence-electron chi connectivity index (χ0n) is 13.6. The molecule has 1 amide bonds. The molecule has 1 saturated heterocycles. The van der Waals surface area contributed by atoms with Gasteiger partial charge in [-0.3, -0.25) is 9.10 Å². The minimum absolute atomic E-state index is 0.179. The Bertz CT molecular complexity index is 856. The second kappa shape index (κ2) is 6.27. The molecule has 1 fully saturated rings. The molecule has 0 aliphatic carbocycles. The van der Waals surface area contributed by atoms with Crippen LogP contribution in [-0.2, 0) is 16.4 Å². The van der Waals surface area contributed by atoms with Gasteiger partial charge in [0.15, 0.2) is 0 Å². The molecular weight excluding hydrogens is 330 g/mol. The van der Waals surface area contributed by atoms with Gasteiger partial charge in [0.25, 0.3) is 5.91 Å². The van der Waals surface area contributed by atoms with E-state index in [1.165, 1.54) is 4.31 Å². The Labute approximate surface area is 140 Å². The number of carbonyl (C=O) groups excluding carboxylic acids is 1. The predicted molar refractivity (Wildman–Crippen MR) is 90.8 cm³/mol. The van der Waals surface area contributed by atoms with E-state index in [0.717, 1.165) is 0 Å². The monoisotopic (exact) mass is 349 g/mol. The second-order valence-corrected chi connectivity index (χ2v) is 7.67. The third kappa shape index (κ3) is 3.01. The summed E-state index contributed by atoms with van der Waals surface area (Å²) in [4.78, 5) is 12.4. The molecule has 1 N–H and O–H groups in total. The van der Waals surface area contributed by atoms with E-state index in [-0.39, 0.29) is 11.7 Å². The summed E-state index contributed by atoms with van der Waals surface area (Å²) in [5, 5.41) is 6.66. The summed E-state index contributed by atoms with van der Waals surface area (Å²) >= 11 is 0. The maximum atomic E-state index is 12.4. The first kappa shape index (κ1) is 16.5. The molecule has 2 heterocycles. The van der Waals surface area contributed by atoms with Gasteiger partial charge in [0.1, 0.15) is 11.3 Å². The molecule has 0 unspecified atom stereocenters. The zero-order chi connectivity index (χ0) is 17.3. The Kier molecular flexibility index (Phi) is 4.31. The van der Waals surface area contributed by atoms with E-state index in [1.807, 2.05) is 6.92 Å². The number of aromatic nitrogens is 1. The lowest BCUT2D eigenvalue weighted by Gasteiger charge is -2.17. The van der Waals surface area contributed by atoms with Crippen molar-refractivity contribution in [2.75, 3.05) is 21.9 Å². The third-order valence-corrected chi connectivity index (χ3v) is 5.88. The summed E-state index contributed by atoms with van der Waals surface area (Å²) in [5.74, 6) is 0.370. The molecule has 8 heteroatoms. The smallest absolute Gasteiger partial charge is 0.261 e. The quantitative estimate of drug-likeness (QED) is 0.914. The normalized spacial score (nSPS) is 16.3. The van der Waals surface area contributed by atoms with Gasteiger partial charge in [0, 0.05) is 12.2 Å². The van der Waals surface area contributed by atoms with E-state index in [9.17, 15) is 13.2 Å². The first-order valence-corrected chi connectivity index (χ1v) is 9.40. The molecule has 3 rings (SSSR count). The fourth-order valence-corrected chi connectivity index (χ4v) is 4.35. The highest BCUT2D eigenvalue weighted by atomic mass is 32.2. The van der Waals surface area contributed by atoms with Gasteiger partial charge in [-0.15, -0.1) is 0 Å². The van der Waals surface area contributed by atoms with Crippen LogP contribution in [0.1, 0.15) is 35.2 Å². The average Bonchev–Trinajstić information content (AvgIpc) is 3.10. The lowest BCUT2D eigenvalue weighted by molar-refractivity contribution is 0.102. The van der Waals surface area contributed by atoms with Crippen LogP contribution in [0.2, 0.25) is 0 Å². The Hall–Kier alpha value is -2.35. The molecule has 1 aliphatic heterocycles. The Morgan fingerprint density at radius 3 is 2.62 bits per heavy atom. The van der Waals surface area contributed by atoms with E-state index in [0.29, 0.717) is 47.8 Å². The maximum absolute atomic E-state index is 12.4. The molecular formula is C16H19N3O4S. The van der Waals surface area contributed by atoms with Gasteiger partial charge >= 0.3 is 0 Å². The molecule has 0 saturated carbocycles. The van der Waals surface area contributed by atoms with E-state index in [1.54, 1.807) is 31.2 Å². The summed E-state index contributed by atoms with van der Waals surface area (Å²) in [6, 6.07) is 6.77. The topological polar surface area (TPSA) is 92.5 Å². The van der Waals surface area contributed by atoms with Crippen molar-refractivity contribution in [2.45, 2.75) is 26.7 Å². The number of hydrogen-bond acceptors (Lipinski definition) is 5. The SMILES string of the molecule is CCc1noc(C)c1C(=O)Nc1ccc(N2CCCS2(=O)=O)cc1. The molecule has 1 aromatic heterocycles. The zero-order valence-corrected chi connectivity index (χ0v) is 14.4. The summed E-state index contributed by atoms with van der Waals surface area (Å²) in [6.45, 7) is 4.09. The van der Waals surface area contributed by atoms with Crippen molar-refractivity contribution < 1.29 is 17.7 Å². The average molecular weight is 349 g/mol. The third-order valence-electron chi connectivity index (χ3n) is 4.01. The molecule has 2 aromatic rings. The van der Waals surface area contributed by atoms with Crippen LogP contribution < -0.4 is 9.62 Å². The van der Waals surface area contributed by atoms with E-state index in [4.69, 9.17) is 4.52 Å². The number of rotatable bonds is 4. The van der Waals surface area contributed by atoms with Crippen LogP contribution in [0.5, 0.6) is 0 Å². The van der Waals surface area contributed by atoms with Gasteiger partial charge in [-0.2, -0.15) is 0 Å². The van der Waals surface area contributed by atoms with Gasteiger partial charge in [0.05, 0.1) is 17.1 Å². The highest BCUT2D eigenvalue weighted by Crippen LogP contribution is 2.25. The summed E-state index contributed by atoms with van der Waals surface area (Å²) < 4.78 is 30.3. The van der Waals surface area contributed by atoms with E-state index < -0.39 is 10.0 Å². The van der Waals surface area contributed by atoms with Crippen LogP contribution >= 0.6 is 0 Å². The van der Waals surface area contributed by atoms with Crippen molar-refractivity contribution in [3.8, 4) is 0 Å². The lowest BCUT2D eigenvalue weighted by Crippen LogP contribution is -2.25. The molecule has 0 atom stereocenters. The Morgan fingerprint density at radius 2 is 2.04 bits per heavy atom. The van der Waals surface area contributed by atoms with Gasteiger partial charge in [0.2, 0.25) is 10.0 Å². The van der Waals surface area contributed by atoms with Gasteiger partial charge in [-0.25, -0.2) is 8.42 Å². The van der Waals surface area contributed by atoms with Crippen molar-refractivity contribution >= 4 is 27.3 Å². The number of aryl methyl sites for hydroxylation is 2. The number of anilines is 2. The number of amides is 1. The molecule has 0 spiro atoms. The van der Waals surface area contributed by atoms with Crippen molar-refractivity contribution in [3.63, 3.8) is 0 Å². The van der Waals surface area contributed by atoms with Crippen molar-refractivity contribution in [1.29, 1.82) is 0 Å². The summed E-state index contributed by atoms with van der Waals surface area (Å²) in [6.07, 6.45) is 1.24. The number of carbonyl (C=O) groups is 1. The van der Waals surface area contributed by atoms with Crippen LogP contribution in [0, 0.1) is 6.92 Å². The van der Waals surface area contributed by atoms with Crippen molar-refractivity contribution in [3.05, 3.63) is 41.3 Å². The number of nitrogens with one attached hydrogen (secondary N) is 1. The van der Waals surface area contributed by atoms with Crippen LogP contribution in [-0.4, -0.2) is 31.8 Å². The first-order chi connectivity index (χ1) is 11.4. The molecule has 0 bridgehead atoms. The largest absolute Gasteiger partial charge is 0.361 e. The standard InChI is InChI=1S/C16H19N3O4S/c1-3-14-15(11(2)23-18-14)16(20)17-12-5-7-13(8-6-12)19-9-4-10-24(19,21)22/h5-8H,3-4,9-10H2,1-2H3,(H,17,20). The lowest BCUT2D eigenvalue weighted by atomic mass is 10.1. The van der Waals surface area contributed by atoms with Crippen molar-refractivity contribution in [1.82, 2.24) is 5.16 Å². The van der Waals surface area contributed by atoms with E-state index >= 15 is 0 Å². The fourth-order valence-electron chi connectivity index (χ4n) is 2.78. The molecule has 7 nitrogen and oxygen atoms in total. The van der Waals surface area contributed by atoms with Gasteiger partial charge < -0.3 is 9.84 Å². The minimum atomic E-state index is -3.20. The fraction of sp³-hybridized carbons (Fsp3) is 0.375. The molecule has 24 heavy (non-hydrogen) atoms. The molecule has 1 aliphatic rings. The van der Waals surface area contributed by atoms with Crippen molar-refractivity contribution in [2.24, 2.45) is 0 Å². The van der Waals surface area contributed by atoms with E-state index in [2.05, 4.69) is 10.5 Å². The molecule has 0 radical (unpaired) electrons. The minimum Gasteiger partial charge on any atom is -0.361 e. The van der Waals surface area contributed by atoms with Gasteiger partial charge in [-0.1, -0.05) is 12.1 Å². The first-order valence-electron chi connectivity index (χ1n) is 7.79. The van der Waals surface area contributed by atoms with Crippen LogP contribution in [0.25, 0.3) is 0 Å².